The van der Waals surface area contributed by atoms with Crippen LogP contribution in [0.3, 0.4) is 0 Å². The van der Waals surface area contributed by atoms with Crippen molar-refractivity contribution in [3.63, 3.8) is 0 Å². The molecule has 5 rings (SSSR count). The molecule has 0 saturated heterocycles. The number of ether oxygens (including phenoxy) is 2. The second kappa shape index (κ2) is 14.7. The Labute approximate surface area is 261 Å². The second-order valence-corrected chi connectivity index (χ2v) is 11.9. The van der Waals surface area contributed by atoms with Crippen LogP contribution in [-0.2, 0) is 43.4 Å². The average molecular weight is 624 g/mol. The van der Waals surface area contributed by atoms with Gasteiger partial charge in [-0.1, -0.05) is 13.8 Å². The highest BCUT2D eigenvalue weighted by atomic mass is 19.1. The zero-order valence-electron chi connectivity index (χ0n) is 26.5. The Balaban J connectivity index is 0.000000700. The van der Waals surface area contributed by atoms with Crippen LogP contribution in [-0.4, -0.2) is 53.8 Å². The lowest BCUT2D eigenvalue weighted by Crippen LogP contribution is -2.34. The van der Waals surface area contributed by atoms with Gasteiger partial charge in [0, 0.05) is 29.7 Å². The number of hydrogen-bond acceptors (Lipinski definition) is 8. The number of fused-ring (bicyclic) bond motifs is 5. The third-order valence-corrected chi connectivity index (χ3v) is 8.45. The van der Waals surface area contributed by atoms with Crippen LogP contribution < -0.4 is 21.9 Å². The number of halogens is 1. The van der Waals surface area contributed by atoms with E-state index in [-0.39, 0.29) is 43.1 Å². The van der Waals surface area contributed by atoms with Crippen molar-refractivity contribution in [1.29, 1.82) is 0 Å². The zero-order valence-corrected chi connectivity index (χ0v) is 26.5. The summed E-state index contributed by atoms with van der Waals surface area (Å²) in [5.41, 5.74) is 10.5. The molecule has 3 aromatic rings. The van der Waals surface area contributed by atoms with E-state index in [4.69, 9.17) is 20.2 Å². The van der Waals surface area contributed by atoms with Crippen LogP contribution in [0.4, 0.5) is 4.39 Å². The first-order valence-corrected chi connectivity index (χ1v) is 15.3. The van der Waals surface area contributed by atoms with E-state index in [1.165, 1.54) is 6.07 Å². The molecule has 2 aliphatic heterocycles. The van der Waals surface area contributed by atoms with Crippen molar-refractivity contribution in [2.45, 2.75) is 79.0 Å². The van der Waals surface area contributed by atoms with Crippen molar-refractivity contribution in [2.24, 2.45) is 11.7 Å². The number of hydrogen-bond donors (Lipinski definition) is 3. The Morgan fingerprint density at radius 3 is 2.67 bits per heavy atom. The summed E-state index contributed by atoms with van der Waals surface area (Å²) in [5.74, 6) is -0.955. The van der Waals surface area contributed by atoms with Gasteiger partial charge in [-0.15, -0.1) is 0 Å². The lowest BCUT2D eigenvalue weighted by atomic mass is 9.93. The predicted molar refractivity (Wildman–Crippen MR) is 168 cm³/mol. The molecule has 2 unspecified atom stereocenters. The summed E-state index contributed by atoms with van der Waals surface area (Å²) < 4.78 is 27.2. The molecule has 4 heterocycles. The largest absolute Gasteiger partial charge is 0.460 e. The molecule has 0 aliphatic carbocycles. The Morgan fingerprint density at radius 1 is 1.24 bits per heavy atom. The highest BCUT2D eigenvalue weighted by Crippen LogP contribution is 2.37. The van der Waals surface area contributed by atoms with Gasteiger partial charge in [0.1, 0.15) is 19.2 Å². The van der Waals surface area contributed by atoms with Crippen molar-refractivity contribution < 1.29 is 28.2 Å². The van der Waals surface area contributed by atoms with Gasteiger partial charge in [0.2, 0.25) is 12.3 Å². The minimum atomic E-state index is -0.539. The first-order chi connectivity index (χ1) is 21.4. The van der Waals surface area contributed by atoms with Gasteiger partial charge in [0.05, 0.1) is 41.5 Å². The minimum absolute atomic E-state index is 0.0363. The molecule has 45 heavy (non-hydrogen) atoms. The summed E-state index contributed by atoms with van der Waals surface area (Å²) >= 11 is 0. The summed E-state index contributed by atoms with van der Waals surface area (Å²) in [6.07, 6.45) is 2.49. The molecule has 0 radical (unpaired) electrons. The van der Waals surface area contributed by atoms with E-state index >= 15 is 0 Å². The number of aromatic nitrogens is 2. The van der Waals surface area contributed by atoms with E-state index in [0.29, 0.717) is 78.0 Å². The van der Waals surface area contributed by atoms with Crippen LogP contribution in [0.5, 0.6) is 0 Å². The van der Waals surface area contributed by atoms with Gasteiger partial charge < -0.3 is 30.4 Å². The smallest absolute Gasteiger partial charge is 0.313 e. The average Bonchev–Trinajstić information content (AvgIpc) is 3.36. The van der Waals surface area contributed by atoms with Crippen LogP contribution in [0.1, 0.15) is 74.3 Å². The van der Waals surface area contributed by atoms with Gasteiger partial charge in [-0.05, 0) is 74.8 Å². The molecule has 2 atom stereocenters. The number of esters is 1. The van der Waals surface area contributed by atoms with Gasteiger partial charge in [-0.25, -0.2) is 9.37 Å². The van der Waals surface area contributed by atoms with Gasteiger partial charge >= 0.3 is 5.97 Å². The number of aryl methyl sites for hydroxylation is 1. The molecule has 4 N–H and O–H groups in total. The molecule has 2 aliphatic rings. The van der Waals surface area contributed by atoms with Crippen LogP contribution in [0.25, 0.3) is 22.3 Å². The highest BCUT2D eigenvalue weighted by Gasteiger charge is 2.32. The molecule has 12 heteroatoms. The van der Waals surface area contributed by atoms with Crippen molar-refractivity contribution in [3.05, 3.63) is 62.2 Å². The number of unbranched alkanes of at least 4 members (excludes halogenated alkanes) is 1. The number of cyclic esters (lactones) is 1. The monoisotopic (exact) mass is 623 g/mol. The van der Waals surface area contributed by atoms with E-state index in [1.807, 2.05) is 19.1 Å². The van der Waals surface area contributed by atoms with Crippen molar-refractivity contribution in [3.8, 4) is 11.4 Å². The van der Waals surface area contributed by atoms with E-state index in [1.54, 1.807) is 18.4 Å². The third kappa shape index (κ3) is 7.56. The zero-order chi connectivity index (χ0) is 32.8. The number of amides is 2. The number of nitrogens with two attached hydrogens (primary N) is 1. The van der Waals surface area contributed by atoms with E-state index in [0.717, 1.165) is 22.9 Å². The fourth-order valence-electron chi connectivity index (χ4n) is 5.22. The topological polar surface area (TPSA) is 155 Å². The lowest BCUT2D eigenvalue weighted by molar-refractivity contribution is -0.147. The molecule has 2 amide bonds. The number of rotatable bonds is 11. The summed E-state index contributed by atoms with van der Waals surface area (Å²) in [6, 6.07) is 5.62. The molecular weight excluding hydrogens is 581 g/mol. The normalized spacial score (nSPS) is 15.4. The first kappa shape index (κ1) is 33.7. The molecule has 0 saturated carbocycles. The molecule has 0 bridgehead atoms. The van der Waals surface area contributed by atoms with Crippen LogP contribution in [0.15, 0.2) is 23.0 Å². The Hall–Kier alpha value is -4.16. The third-order valence-electron chi connectivity index (χ3n) is 8.45. The Kier molecular flexibility index (Phi) is 11.1. The Morgan fingerprint density at radius 2 is 1.98 bits per heavy atom. The molecule has 0 spiro atoms. The fraction of sp³-hybridized carbons (Fsp3) is 0.485. The quantitative estimate of drug-likeness (QED) is 0.0996. The SMILES string of the molecule is CC(C)C(C)N.Cc1c(F)cc2nc3c(cc2c1CCCCOCNC(=O)CNC=O)Cn1c-3cc2c(c1=O)COC(=O)C2C. The van der Waals surface area contributed by atoms with Crippen LogP contribution in [0, 0.1) is 18.7 Å². The van der Waals surface area contributed by atoms with Gasteiger partial charge in [-0.2, -0.15) is 0 Å². The standard InChI is InChI=1S/C28H29FN4O6.C5H13N/c1-15-18(5-3-4-6-38-14-31-25(35)10-30-13-34)20-7-17-11-33-24(26(17)32-23(20)9-22(15)29)8-19-16(2)28(37)39-12-21(19)27(33)36;1-4(2)5(3)6/h7-9,13,16H,3-6,10-12,14H2,1-2H3,(H,30,34)(H,31,35);4-5H,6H2,1-3H3. The molecule has 2 aromatic heterocycles. The maximum absolute atomic E-state index is 14.9. The van der Waals surface area contributed by atoms with Gasteiger partial charge in [-0.3, -0.25) is 19.2 Å². The molecule has 11 nitrogen and oxygen atoms in total. The predicted octanol–water partition coefficient (Wildman–Crippen LogP) is 3.18. The summed E-state index contributed by atoms with van der Waals surface area (Å²) in [5, 5.41) is 5.66. The second-order valence-electron chi connectivity index (χ2n) is 11.9. The number of benzene rings is 1. The number of nitrogens with one attached hydrogen (secondary N) is 2. The van der Waals surface area contributed by atoms with E-state index in [2.05, 4.69) is 24.5 Å². The molecular formula is C33H42FN5O6. The number of carbonyl (C=O) groups is 3. The molecule has 1 aromatic carbocycles. The maximum atomic E-state index is 14.9. The van der Waals surface area contributed by atoms with Crippen molar-refractivity contribution >= 4 is 29.2 Å². The van der Waals surface area contributed by atoms with Crippen LogP contribution in [0.2, 0.25) is 0 Å². The maximum Gasteiger partial charge on any atom is 0.313 e. The molecule has 0 fully saturated rings. The summed E-state index contributed by atoms with van der Waals surface area (Å²) in [4.78, 5) is 51.8. The van der Waals surface area contributed by atoms with Gasteiger partial charge in [0.25, 0.3) is 5.56 Å². The fourth-order valence-corrected chi connectivity index (χ4v) is 5.22. The highest BCUT2D eigenvalue weighted by molar-refractivity contribution is 5.88. The summed E-state index contributed by atoms with van der Waals surface area (Å²) in [6.45, 7) is 10.4. The number of nitrogens with zero attached hydrogens (tertiary/aromatic N) is 2. The van der Waals surface area contributed by atoms with Crippen molar-refractivity contribution in [2.75, 3.05) is 19.9 Å². The van der Waals surface area contributed by atoms with Crippen LogP contribution >= 0.6 is 0 Å². The number of carbonyl (C=O) groups excluding carboxylic acids is 3. The minimum Gasteiger partial charge on any atom is -0.460 e. The lowest BCUT2D eigenvalue weighted by Gasteiger charge is -2.22. The van der Waals surface area contributed by atoms with Crippen molar-refractivity contribution in [1.82, 2.24) is 20.2 Å². The number of pyridine rings is 2. The van der Waals surface area contributed by atoms with E-state index in [9.17, 15) is 23.6 Å². The van der Waals surface area contributed by atoms with Gasteiger partial charge in [0.15, 0.2) is 0 Å². The summed E-state index contributed by atoms with van der Waals surface area (Å²) in [7, 11) is 0. The van der Waals surface area contributed by atoms with E-state index < -0.39 is 5.92 Å². The Bertz CT molecular complexity index is 1650. The first-order valence-electron chi connectivity index (χ1n) is 15.3. The molecule has 242 valence electrons.